The topological polar surface area (TPSA) is 83.9 Å². The molecule has 0 saturated carbocycles. The number of nitrogens with zero attached hydrogens (tertiary/aromatic N) is 2. The molecule has 2 N–H and O–H groups in total. The van der Waals surface area contributed by atoms with E-state index in [4.69, 9.17) is 9.47 Å². The van der Waals surface area contributed by atoms with Gasteiger partial charge in [-0.25, -0.2) is 0 Å². The van der Waals surface area contributed by atoms with E-state index in [0.717, 1.165) is 24.9 Å². The number of ether oxygens (including phenoxy) is 2. The van der Waals surface area contributed by atoms with E-state index in [1.54, 1.807) is 12.4 Å². The summed E-state index contributed by atoms with van der Waals surface area (Å²) in [7, 11) is 0. The third-order valence-corrected chi connectivity index (χ3v) is 5.01. The molecule has 0 spiro atoms. The molecule has 2 aliphatic heterocycles. The van der Waals surface area contributed by atoms with Crippen molar-refractivity contribution >= 4 is 5.91 Å². The van der Waals surface area contributed by atoms with Crippen molar-refractivity contribution in [3.05, 3.63) is 30.1 Å². The summed E-state index contributed by atoms with van der Waals surface area (Å²) >= 11 is 0. The molecule has 2 aliphatic rings. The molecule has 0 aromatic carbocycles. The van der Waals surface area contributed by atoms with Crippen molar-refractivity contribution < 1.29 is 19.4 Å². The molecule has 0 bridgehead atoms. The molecule has 1 amide bonds. The molecule has 2 fully saturated rings. The van der Waals surface area contributed by atoms with Gasteiger partial charge >= 0.3 is 0 Å². The Hall–Kier alpha value is -1.54. The summed E-state index contributed by atoms with van der Waals surface area (Å²) in [6.45, 7) is 4.60. The number of amides is 1. The number of aliphatic hydroxyl groups excluding tert-OH is 1. The number of pyridine rings is 1. The summed E-state index contributed by atoms with van der Waals surface area (Å²) in [5.74, 6) is 0.0341. The average Bonchev–Trinajstić information content (AvgIpc) is 2.61. The molecule has 0 unspecified atom stereocenters. The van der Waals surface area contributed by atoms with Gasteiger partial charge in [0.2, 0.25) is 5.91 Å². The van der Waals surface area contributed by atoms with E-state index in [1.807, 2.05) is 19.1 Å². The summed E-state index contributed by atoms with van der Waals surface area (Å²) < 4.78 is 11.9. The minimum atomic E-state index is -0.508. The minimum absolute atomic E-state index is 0.0341. The van der Waals surface area contributed by atoms with Crippen LogP contribution in [-0.2, 0) is 20.8 Å². The quantitative estimate of drug-likeness (QED) is 0.802. The lowest BCUT2D eigenvalue weighted by molar-refractivity contribution is -0.158. The second-order valence-corrected chi connectivity index (χ2v) is 7.08. The SMILES string of the molecule is CCNC(=O)C[C@@H]1CC[C@H]2[C@@H](COC[C@H](O)CN2Cc2ccncc2)O1. The summed E-state index contributed by atoms with van der Waals surface area (Å²) in [5.41, 5.74) is 1.16. The summed E-state index contributed by atoms with van der Waals surface area (Å²) in [4.78, 5) is 18.2. The van der Waals surface area contributed by atoms with Crippen molar-refractivity contribution in [1.29, 1.82) is 0 Å². The van der Waals surface area contributed by atoms with Crippen molar-refractivity contribution in [1.82, 2.24) is 15.2 Å². The van der Waals surface area contributed by atoms with Crippen LogP contribution in [0.1, 0.15) is 31.7 Å². The number of hydrogen-bond donors (Lipinski definition) is 2. The Morgan fingerprint density at radius 3 is 2.92 bits per heavy atom. The Morgan fingerprint density at radius 2 is 2.15 bits per heavy atom. The Morgan fingerprint density at radius 1 is 1.35 bits per heavy atom. The molecule has 3 heterocycles. The highest BCUT2D eigenvalue weighted by atomic mass is 16.5. The Labute approximate surface area is 154 Å². The smallest absolute Gasteiger partial charge is 0.222 e. The Bertz CT molecular complexity index is 571. The molecular weight excluding hydrogens is 334 g/mol. The van der Waals surface area contributed by atoms with Gasteiger partial charge in [-0.05, 0) is 37.5 Å². The van der Waals surface area contributed by atoms with Crippen LogP contribution in [0.4, 0.5) is 0 Å². The number of aromatic nitrogens is 1. The Balaban J connectivity index is 1.67. The van der Waals surface area contributed by atoms with Crippen molar-refractivity contribution in [2.45, 2.75) is 57.1 Å². The molecule has 4 atom stereocenters. The number of β-amino-alcohol motifs (C(OH)–C–C–N with tert-alkyl or cyclic N) is 1. The average molecular weight is 363 g/mol. The molecule has 26 heavy (non-hydrogen) atoms. The lowest BCUT2D eigenvalue weighted by Gasteiger charge is -2.44. The highest BCUT2D eigenvalue weighted by Gasteiger charge is 2.37. The van der Waals surface area contributed by atoms with Crippen LogP contribution < -0.4 is 5.32 Å². The molecule has 144 valence electrons. The lowest BCUT2D eigenvalue weighted by Crippen LogP contribution is -2.55. The molecular formula is C19H29N3O4. The van der Waals surface area contributed by atoms with E-state index in [-0.39, 0.29) is 24.2 Å². The van der Waals surface area contributed by atoms with Crippen molar-refractivity contribution in [2.75, 3.05) is 26.3 Å². The van der Waals surface area contributed by atoms with Gasteiger partial charge in [0.25, 0.3) is 0 Å². The lowest BCUT2D eigenvalue weighted by atomic mass is 9.94. The van der Waals surface area contributed by atoms with Crippen molar-refractivity contribution in [3.63, 3.8) is 0 Å². The van der Waals surface area contributed by atoms with Crippen LogP contribution in [-0.4, -0.2) is 71.6 Å². The van der Waals surface area contributed by atoms with E-state index >= 15 is 0 Å². The molecule has 1 aromatic rings. The molecule has 0 radical (unpaired) electrons. The molecule has 3 rings (SSSR count). The second-order valence-electron chi connectivity index (χ2n) is 7.08. The van der Waals surface area contributed by atoms with E-state index in [2.05, 4.69) is 15.2 Å². The highest BCUT2D eigenvalue weighted by molar-refractivity contribution is 5.76. The zero-order valence-corrected chi connectivity index (χ0v) is 15.3. The standard InChI is InChI=1S/C19H29N3O4/c1-2-21-19(24)9-16-3-4-17-18(26-16)13-25-12-15(23)11-22(17)10-14-5-7-20-8-6-14/h5-8,15-18,23H,2-4,9-13H2,1H3,(H,21,24)/t15-,16+,17+,18-/m1/s1. The Kier molecular flexibility index (Phi) is 6.96. The maximum absolute atomic E-state index is 11.9. The normalized spacial score (nSPS) is 30.1. The molecule has 1 aromatic heterocycles. The first-order valence-corrected chi connectivity index (χ1v) is 9.46. The van der Waals surface area contributed by atoms with Gasteiger partial charge in [0, 0.05) is 38.1 Å². The fraction of sp³-hybridized carbons (Fsp3) is 0.684. The monoisotopic (exact) mass is 363 g/mol. The maximum atomic E-state index is 11.9. The van der Waals surface area contributed by atoms with Crippen LogP contribution in [0.2, 0.25) is 0 Å². The van der Waals surface area contributed by atoms with Gasteiger partial charge in [-0.2, -0.15) is 0 Å². The van der Waals surface area contributed by atoms with Crippen LogP contribution in [0.5, 0.6) is 0 Å². The van der Waals surface area contributed by atoms with Crippen LogP contribution in [0.15, 0.2) is 24.5 Å². The van der Waals surface area contributed by atoms with Gasteiger partial charge in [-0.1, -0.05) is 0 Å². The minimum Gasteiger partial charge on any atom is -0.389 e. The number of fused-ring (bicyclic) bond motifs is 1. The zero-order chi connectivity index (χ0) is 18.4. The summed E-state index contributed by atoms with van der Waals surface area (Å²) in [5, 5.41) is 13.0. The number of aliphatic hydroxyl groups is 1. The van der Waals surface area contributed by atoms with Gasteiger partial charge < -0.3 is 19.9 Å². The number of hydrogen-bond acceptors (Lipinski definition) is 6. The largest absolute Gasteiger partial charge is 0.389 e. The first-order chi connectivity index (χ1) is 12.7. The third-order valence-electron chi connectivity index (χ3n) is 5.01. The molecule has 7 heteroatoms. The van der Waals surface area contributed by atoms with E-state index in [9.17, 15) is 9.90 Å². The van der Waals surface area contributed by atoms with E-state index in [1.165, 1.54) is 0 Å². The van der Waals surface area contributed by atoms with Gasteiger partial charge in [0.1, 0.15) is 0 Å². The zero-order valence-electron chi connectivity index (χ0n) is 15.3. The van der Waals surface area contributed by atoms with Crippen LogP contribution in [0.25, 0.3) is 0 Å². The third kappa shape index (κ3) is 5.23. The number of carbonyl (C=O) groups is 1. The second kappa shape index (κ2) is 9.41. The van der Waals surface area contributed by atoms with Crippen molar-refractivity contribution in [2.24, 2.45) is 0 Å². The van der Waals surface area contributed by atoms with Crippen molar-refractivity contribution in [3.8, 4) is 0 Å². The molecule has 7 nitrogen and oxygen atoms in total. The predicted molar refractivity (Wildman–Crippen MR) is 96.5 cm³/mol. The fourth-order valence-corrected chi connectivity index (χ4v) is 3.83. The molecule has 0 aliphatic carbocycles. The van der Waals surface area contributed by atoms with Gasteiger partial charge in [0.15, 0.2) is 0 Å². The van der Waals surface area contributed by atoms with Crippen LogP contribution in [0.3, 0.4) is 0 Å². The van der Waals surface area contributed by atoms with Crippen LogP contribution in [0, 0.1) is 0 Å². The maximum Gasteiger partial charge on any atom is 0.222 e. The number of nitrogens with one attached hydrogen (secondary N) is 1. The first-order valence-electron chi connectivity index (χ1n) is 9.46. The van der Waals surface area contributed by atoms with Gasteiger partial charge in [-0.15, -0.1) is 0 Å². The van der Waals surface area contributed by atoms with Gasteiger partial charge in [-0.3, -0.25) is 14.7 Å². The summed E-state index contributed by atoms with van der Waals surface area (Å²) in [6.07, 6.45) is 5.06. The fourth-order valence-electron chi connectivity index (χ4n) is 3.83. The van der Waals surface area contributed by atoms with Gasteiger partial charge in [0.05, 0.1) is 37.9 Å². The highest BCUT2D eigenvalue weighted by Crippen LogP contribution is 2.28. The number of carbonyl (C=O) groups excluding carboxylic acids is 1. The summed E-state index contributed by atoms with van der Waals surface area (Å²) in [6, 6.07) is 4.17. The molecule has 2 saturated heterocycles. The van der Waals surface area contributed by atoms with E-state index < -0.39 is 6.10 Å². The first kappa shape index (κ1) is 19.2. The van der Waals surface area contributed by atoms with E-state index in [0.29, 0.717) is 32.7 Å². The number of rotatable bonds is 5. The predicted octanol–water partition coefficient (Wildman–Crippen LogP) is 0.717. The van der Waals surface area contributed by atoms with Crippen LogP contribution >= 0.6 is 0 Å².